The van der Waals surface area contributed by atoms with Crippen molar-refractivity contribution in [3.05, 3.63) is 47.3 Å². The average Bonchev–Trinajstić information content (AvgIpc) is 3.07. The molecule has 2 amide bonds. The van der Waals surface area contributed by atoms with Crippen molar-refractivity contribution in [3.8, 4) is 0 Å². The highest BCUT2D eigenvalue weighted by Gasteiger charge is 2.41. The quantitative estimate of drug-likeness (QED) is 0.767. The summed E-state index contributed by atoms with van der Waals surface area (Å²) in [5.41, 5.74) is 1.74. The summed E-state index contributed by atoms with van der Waals surface area (Å²) < 4.78 is 39.5. The molecule has 2 rings (SSSR count). The molecule has 0 aliphatic carbocycles. The molecule has 0 spiro atoms. The fourth-order valence-electron chi connectivity index (χ4n) is 2.96. The largest absolute Gasteiger partial charge is 0.471 e. The summed E-state index contributed by atoms with van der Waals surface area (Å²) in [5, 5.41) is 7.17. The third kappa shape index (κ3) is 5.61. The second-order valence-corrected chi connectivity index (χ2v) is 8.51. The molecule has 0 radical (unpaired) electrons. The van der Waals surface area contributed by atoms with Crippen molar-refractivity contribution in [1.82, 2.24) is 14.7 Å². The fourth-order valence-corrected chi connectivity index (χ4v) is 2.96. The van der Waals surface area contributed by atoms with Crippen molar-refractivity contribution in [1.29, 1.82) is 0 Å². The van der Waals surface area contributed by atoms with Gasteiger partial charge in [0.15, 0.2) is 5.69 Å². The van der Waals surface area contributed by atoms with E-state index in [4.69, 9.17) is 0 Å². The zero-order valence-electron chi connectivity index (χ0n) is 18.0. The smallest absolute Gasteiger partial charge is 0.334 e. The topological polar surface area (TPSA) is 67.2 Å². The molecule has 1 N–H and O–H groups in total. The van der Waals surface area contributed by atoms with Crippen molar-refractivity contribution in [2.75, 3.05) is 12.4 Å². The van der Waals surface area contributed by atoms with Gasteiger partial charge in [-0.25, -0.2) is 0 Å². The molecule has 0 aliphatic heterocycles. The Kier molecular flexibility index (Phi) is 6.63. The Balaban J connectivity index is 2.19. The Morgan fingerprint density at radius 2 is 1.80 bits per heavy atom. The number of halogens is 3. The summed E-state index contributed by atoms with van der Waals surface area (Å²) in [6.45, 7) is 9.78. The first-order valence-corrected chi connectivity index (χ1v) is 9.53. The maximum absolute atomic E-state index is 12.7. The number of hydrogen-bond acceptors (Lipinski definition) is 3. The maximum atomic E-state index is 12.7. The van der Waals surface area contributed by atoms with Crippen molar-refractivity contribution in [2.24, 2.45) is 0 Å². The lowest BCUT2D eigenvalue weighted by atomic mass is 10.1. The molecule has 9 heteroatoms. The molecule has 164 valence electrons. The van der Waals surface area contributed by atoms with E-state index < -0.39 is 18.0 Å². The molecule has 0 atom stereocenters. The number of hydrogen-bond donors (Lipinski definition) is 1. The van der Waals surface area contributed by atoms with E-state index in [2.05, 4.69) is 10.4 Å². The van der Waals surface area contributed by atoms with Gasteiger partial charge >= 0.3 is 12.1 Å². The molecule has 0 fully saturated rings. The molecule has 0 unspecified atom stereocenters. The predicted molar refractivity (Wildman–Crippen MR) is 108 cm³/mol. The Labute approximate surface area is 174 Å². The number of nitrogens with zero attached hydrogens (tertiary/aromatic N) is 3. The molecule has 0 saturated heterocycles. The van der Waals surface area contributed by atoms with E-state index in [0.29, 0.717) is 16.2 Å². The SMILES string of the molecule is CC(C)c1cc(C(=O)Nc2cccc(CN(C)C(=O)C(F)(F)F)c2)nn1C(C)(C)C. The Bertz CT molecular complexity index is 927. The first kappa shape index (κ1) is 23.4. The highest BCUT2D eigenvalue weighted by atomic mass is 19.4. The van der Waals surface area contributed by atoms with E-state index in [0.717, 1.165) is 12.7 Å². The second kappa shape index (κ2) is 8.49. The summed E-state index contributed by atoms with van der Waals surface area (Å²) in [5.74, 6) is -2.18. The van der Waals surface area contributed by atoms with E-state index in [9.17, 15) is 22.8 Å². The maximum Gasteiger partial charge on any atom is 0.471 e. The first-order valence-electron chi connectivity index (χ1n) is 9.53. The van der Waals surface area contributed by atoms with Crippen molar-refractivity contribution < 1.29 is 22.8 Å². The molecule has 6 nitrogen and oxygen atoms in total. The van der Waals surface area contributed by atoms with Crippen LogP contribution in [-0.2, 0) is 16.9 Å². The van der Waals surface area contributed by atoms with Gasteiger partial charge in [0.05, 0.1) is 5.54 Å². The number of carbonyl (C=O) groups is 2. The molecule has 0 bridgehead atoms. The van der Waals surface area contributed by atoms with Crippen LogP contribution in [0.15, 0.2) is 30.3 Å². The minimum atomic E-state index is -4.93. The lowest BCUT2D eigenvalue weighted by Gasteiger charge is -2.23. The number of aromatic nitrogens is 2. The molecule has 0 aliphatic rings. The molecule has 2 aromatic rings. The van der Waals surface area contributed by atoms with Crippen LogP contribution >= 0.6 is 0 Å². The van der Waals surface area contributed by atoms with Crippen LogP contribution in [0.25, 0.3) is 0 Å². The van der Waals surface area contributed by atoms with Gasteiger partial charge in [-0.05, 0) is 50.5 Å². The fraction of sp³-hybridized carbons (Fsp3) is 0.476. The van der Waals surface area contributed by atoms with Gasteiger partial charge in [-0.1, -0.05) is 26.0 Å². The van der Waals surface area contributed by atoms with Crippen LogP contribution < -0.4 is 5.32 Å². The Morgan fingerprint density at radius 3 is 2.30 bits per heavy atom. The zero-order valence-corrected chi connectivity index (χ0v) is 18.0. The summed E-state index contributed by atoms with van der Waals surface area (Å²) in [4.78, 5) is 24.6. The van der Waals surface area contributed by atoms with Gasteiger partial charge < -0.3 is 10.2 Å². The van der Waals surface area contributed by atoms with Crippen molar-refractivity contribution in [2.45, 2.75) is 58.8 Å². The van der Waals surface area contributed by atoms with Gasteiger partial charge in [-0.2, -0.15) is 18.3 Å². The summed E-state index contributed by atoms with van der Waals surface area (Å²) in [7, 11) is 1.08. The van der Waals surface area contributed by atoms with Gasteiger partial charge in [0, 0.05) is 25.0 Å². The lowest BCUT2D eigenvalue weighted by molar-refractivity contribution is -0.184. The minimum absolute atomic E-state index is 0.170. The van der Waals surface area contributed by atoms with Crippen molar-refractivity contribution >= 4 is 17.5 Å². The third-order valence-corrected chi connectivity index (χ3v) is 4.39. The van der Waals surface area contributed by atoms with Gasteiger partial charge in [-0.3, -0.25) is 14.3 Å². The molecule has 30 heavy (non-hydrogen) atoms. The summed E-state index contributed by atoms with van der Waals surface area (Å²) in [6.07, 6.45) is -4.93. The van der Waals surface area contributed by atoms with Crippen molar-refractivity contribution in [3.63, 3.8) is 0 Å². The number of nitrogens with one attached hydrogen (secondary N) is 1. The van der Waals surface area contributed by atoms with Gasteiger partial charge in [-0.15, -0.1) is 0 Å². The number of benzene rings is 1. The van der Waals surface area contributed by atoms with Crippen LogP contribution in [0.1, 0.15) is 62.3 Å². The van der Waals surface area contributed by atoms with E-state index in [-0.39, 0.29) is 23.7 Å². The number of alkyl halides is 3. The van der Waals surface area contributed by atoms with Gasteiger partial charge in [0.1, 0.15) is 0 Å². The van der Waals surface area contributed by atoms with Gasteiger partial charge in [0.2, 0.25) is 0 Å². The van der Waals surface area contributed by atoms with Crippen LogP contribution in [0.5, 0.6) is 0 Å². The average molecular weight is 424 g/mol. The molecule has 1 aromatic carbocycles. The van der Waals surface area contributed by atoms with E-state index >= 15 is 0 Å². The highest BCUT2D eigenvalue weighted by molar-refractivity contribution is 6.03. The Hall–Kier alpha value is -2.84. The molecule has 1 heterocycles. The molecule has 0 saturated carbocycles. The van der Waals surface area contributed by atoms with E-state index in [1.807, 2.05) is 39.3 Å². The van der Waals surface area contributed by atoms with Crippen LogP contribution in [-0.4, -0.2) is 39.7 Å². The normalized spacial score (nSPS) is 12.2. The molecule has 1 aromatic heterocycles. The minimum Gasteiger partial charge on any atom is -0.334 e. The zero-order chi connectivity index (χ0) is 22.9. The van der Waals surface area contributed by atoms with E-state index in [1.165, 1.54) is 6.07 Å². The van der Waals surface area contributed by atoms with Crippen LogP contribution in [0, 0.1) is 0 Å². The van der Waals surface area contributed by atoms with Gasteiger partial charge in [0.25, 0.3) is 5.91 Å². The number of carbonyl (C=O) groups excluding carboxylic acids is 2. The summed E-state index contributed by atoms with van der Waals surface area (Å²) >= 11 is 0. The van der Waals surface area contributed by atoms with Crippen LogP contribution in [0.4, 0.5) is 18.9 Å². The van der Waals surface area contributed by atoms with E-state index in [1.54, 1.807) is 24.3 Å². The standard InChI is InChI=1S/C21H27F3N4O2/c1-13(2)17-11-16(26-28(17)20(3,4)5)18(29)25-15-9-7-8-14(10-15)12-27(6)19(30)21(22,23)24/h7-11,13H,12H2,1-6H3,(H,25,29). The number of rotatable bonds is 5. The third-order valence-electron chi connectivity index (χ3n) is 4.39. The first-order chi connectivity index (χ1) is 13.7. The highest BCUT2D eigenvalue weighted by Crippen LogP contribution is 2.24. The molecular weight excluding hydrogens is 397 g/mol. The molecular formula is C21H27F3N4O2. The monoisotopic (exact) mass is 424 g/mol. The second-order valence-electron chi connectivity index (χ2n) is 8.51. The predicted octanol–water partition coefficient (Wildman–Crippen LogP) is 4.53. The number of anilines is 1. The van der Waals surface area contributed by atoms with Crippen LogP contribution in [0.3, 0.4) is 0 Å². The van der Waals surface area contributed by atoms with Crippen LogP contribution in [0.2, 0.25) is 0 Å². The number of amides is 2. The Morgan fingerprint density at radius 1 is 1.17 bits per heavy atom. The lowest BCUT2D eigenvalue weighted by Crippen LogP contribution is -2.37. The summed E-state index contributed by atoms with van der Waals surface area (Å²) in [6, 6.07) is 8.08.